The summed E-state index contributed by atoms with van der Waals surface area (Å²) in [5, 5.41) is 0. The Balaban J connectivity index is 2.16. The van der Waals surface area contributed by atoms with Crippen LogP contribution in [0.15, 0.2) is 47.4 Å². The Morgan fingerprint density at radius 2 is 1.79 bits per heavy atom. The molecular formula is C17H17NO5S. The first-order chi connectivity index (χ1) is 11.5. The van der Waals surface area contributed by atoms with Crippen molar-refractivity contribution in [2.75, 3.05) is 25.1 Å². The van der Waals surface area contributed by atoms with Crippen LogP contribution in [0.4, 0.5) is 5.69 Å². The molecule has 7 heteroatoms. The van der Waals surface area contributed by atoms with Gasteiger partial charge in [0.2, 0.25) is 0 Å². The van der Waals surface area contributed by atoms with E-state index in [0.717, 1.165) is 0 Å². The predicted octanol–water partition coefficient (Wildman–Crippen LogP) is 2.49. The highest BCUT2D eigenvalue weighted by atomic mass is 32.2. The first-order valence-corrected chi connectivity index (χ1v) is 8.80. The quantitative estimate of drug-likeness (QED) is 0.849. The van der Waals surface area contributed by atoms with E-state index in [4.69, 9.17) is 9.47 Å². The highest BCUT2D eigenvalue weighted by Gasteiger charge is 2.34. The summed E-state index contributed by atoms with van der Waals surface area (Å²) in [6.07, 6.45) is 0.141. The van der Waals surface area contributed by atoms with E-state index in [-0.39, 0.29) is 29.4 Å². The molecule has 2 aromatic carbocycles. The summed E-state index contributed by atoms with van der Waals surface area (Å²) < 4.78 is 38.0. The molecule has 126 valence electrons. The smallest absolute Gasteiger partial charge is 0.268 e. The summed E-state index contributed by atoms with van der Waals surface area (Å²) >= 11 is 0. The molecular weight excluding hydrogens is 330 g/mol. The van der Waals surface area contributed by atoms with Crippen LogP contribution in [0.2, 0.25) is 0 Å². The van der Waals surface area contributed by atoms with Crippen molar-refractivity contribution < 1.29 is 22.7 Å². The maximum Gasteiger partial charge on any atom is 0.268 e. The van der Waals surface area contributed by atoms with Crippen LogP contribution >= 0.6 is 0 Å². The van der Waals surface area contributed by atoms with Crippen molar-refractivity contribution in [1.29, 1.82) is 0 Å². The number of anilines is 1. The van der Waals surface area contributed by atoms with E-state index in [1.807, 2.05) is 0 Å². The molecule has 0 radical (unpaired) electrons. The van der Waals surface area contributed by atoms with Gasteiger partial charge in [0.25, 0.3) is 10.0 Å². The Morgan fingerprint density at radius 3 is 2.50 bits per heavy atom. The van der Waals surface area contributed by atoms with Gasteiger partial charge in [-0.15, -0.1) is 0 Å². The fourth-order valence-electron chi connectivity index (χ4n) is 2.74. The van der Waals surface area contributed by atoms with E-state index in [2.05, 4.69) is 0 Å². The summed E-state index contributed by atoms with van der Waals surface area (Å²) in [4.78, 5) is 12.1. The van der Waals surface area contributed by atoms with Crippen molar-refractivity contribution in [3.05, 3.63) is 48.0 Å². The third-order valence-electron chi connectivity index (χ3n) is 3.95. The standard InChI is InChI=1S/C17H17NO5S/c1-22-12-7-8-16(23-2)17(11-12)24(20,21)18-10-9-15(19)13-5-3-4-6-14(13)18/h3-8,11H,9-10H2,1-2H3. The number of ether oxygens (including phenoxy) is 2. The van der Waals surface area contributed by atoms with Crippen LogP contribution in [0.1, 0.15) is 16.8 Å². The van der Waals surface area contributed by atoms with Gasteiger partial charge in [-0.1, -0.05) is 12.1 Å². The fourth-order valence-corrected chi connectivity index (χ4v) is 4.40. The lowest BCUT2D eigenvalue weighted by atomic mass is 10.0. The number of nitrogens with zero attached hydrogens (tertiary/aromatic N) is 1. The van der Waals surface area contributed by atoms with Gasteiger partial charge in [-0.05, 0) is 24.3 Å². The average molecular weight is 347 g/mol. The molecule has 0 unspecified atom stereocenters. The molecule has 2 aromatic rings. The van der Waals surface area contributed by atoms with Crippen LogP contribution in [0, 0.1) is 0 Å². The Labute approximate surface area is 140 Å². The Kier molecular flexibility index (Phi) is 4.19. The first-order valence-electron chi connectivity index (χ1n) is 7.36. The maximum absolute atomic E-state index is 13.2. The maximum atomic E-state index is 13.2. The van der Waals surface area contributed by atoms with Crippen LogP contribution in [-0.4, -0.2) is 35.0 Å². The average Bonchev–Trinajstić information content (AvgIpc) is 2.61. The van der Waals surface area contributed by atoms with Gasteiger partial charge in [-0.3, -0.25) is 9.10 Å². The normalized spacial score (nSPS) is 14.2. The molecule has 24 heavy (non-hydrogen) atoms. The summed E-state index contributed by atoms with van der Waals surface area (Å²) in [5.74, 6) is 0.579. The van der Waals surface area contributed by atoms with Crippen molar-refractivity contribution in [2.45, 2.75) is 11.3 Å². The van der Waals surface area contributed by atoms with Gasteiger partial charge in [-0.25, -0.2) is 8.42 Å². The number of Topliss-reactive ketones (excluding diaryl/α,β-unsaturated/α-hetero) is 1. The number of rotatable bonds is 4. The molecule has 0 atom stereocenters. The molecule has 0 spiro atoms. The number of hydrogen-bond acceptors (Lipinski definition) is 5. The van der Waals surface area contributed by atoms with Crippen LogP contribution in [0.25, 0.3) is 0 Å². The van der Waals surface area contributed by atoms with E-state index < -0.39 is 10.0 Å². The number of carbonyl (C=O) groups excluding carboxylic acids is 1. The van der Waals surface area contributed by atoms with Gasteiger partial charge in [0.05, 0.1) is 19.9 Å². The zero-order valence-electron chi connectivity index (χ0n) is 13.4. The van der Waals surface area contributed by atoms with Gasteiger partial charge in [-0.2, -0.15) is 0 Å². The van der Waals surface area contributed by atoms with Crippen molar-refractivity contribution in [3.63, 3.8) is 0 Å². The predicted molar refractivity (Wildman–Crippen MR) is 89.5 cm³/mol. The molecule has 0 N–H and O–H groups in total. The van der Waals surface area contributed by atoms with Crippen LogP contribution in [-0.2, 0) is 10.0 Å². The van der Waals surface area contributed by atoms with Crippen molar-refractivity contribution in [3.8, 4) is 11.5 Å². The molecule has 1 heterocycles. The lowest BCUT2D eigenvalue weighted by Gasteiger charge is -2.30. The topological polar surface area (TPSA) is 72.9 Å². The molecule has 0 fully saturated rings. The highest BCUT2D eigenvalue weighted by Crippen LogP contribution is 2.36. The molecule has 1 aliphatic heterocycles. The fraction of sp³-hybridized carbons (Fsp3) is 0.235. The number of ketones is 1. The summed E-state index contributed by atoms with van der Waals surface area (Å²) in [7, 11) is -1.02. The monoisotopic (exact) mass is 347 g/mol. The Bertz CT molecular complexity index is 892. The minimum absolute atomic E-state index is 0.00787. The second-order valence-corrected chi connectivity index (χ2v) is 7.12. The summed E-state index contributed by atoms with van der Waals surface area (Å²) in [5.41, 5.74) is 0.799. The number of fused-ring (bicyclic) bond motifs is 1. The third kappa shape index (κ3) is 2.60. The number of carbonyl (C=O) groups is 1. The summed E-state index contributed by atoms with van der Waals surface area (Å²) in [6, 6.07) is 11.3. The molecule has 0 amide bonds. The van der Waals surface area contributed by atoms with Gasteiger partial charge in [0.15, 0.2) is 5.78 Å². The van der Waals surface area contributed by atoms with E-state index in [1.165, 1.54) is 24.6 Å². The molecule has 0 aliphatic carbocycles. The largest absolute Gasteiger partial charge is 0.497 e. The van der Waals surface area contributed by atoms with Gasteiger partial charge >= 0.3 is 0 Å². The molecule has 3 rings (SSSR count). The van der Waals surface area contributed by atoms with E-state index in [0.29, 0.717) is 17.0 Å². The van der Waals surface area contributed by atoms with Crippen molar-refractivity contribution >= 4 is 21.5 Å². The third-order valence-corrected chi connectivity index (χ3v) is 5.79. The summed E-state index contributed by atoms with van der Waals surface area (Å²) in [6.45, 7) is 0.0958. The number of benzene rings is 2. The van der Waals surface area contributed by atoms with Crippen molar-refractivity contribution in [2.24, 2.45) is 0 Å². The number of hydrogen-bond donors (Lipinski definition) is 0. The SMILES string of the molecule is COc1ccc(OC)c(S(=O)(=O)N2CCC(=O)c3ccccc32)c1. The molecule has 1 aliphatic rings. The molecule has 6 nitrogen and oxygen atoms in total. The number of methoxy groups -OCH3 is 2. The first kappa shape index (κ1) is 16.3. The van der Waals surface area contributed by atoms with E-state index in [9.17, 15) is 13.2 Å². The second-order valence-electron chi connectivity index (χ2n) is 5.28. The minimum atomic E-state index is -3.90. The molecule has 0 saturated heterocycles. The van der Waals surface area contributed by atoms with Crippen LogP contribution < -0.4 is 13.8 Å². The zero-order valence-corrected chi connectivity index (χ0v) is 14.2. The van der Waals surface area contributed by atoms with Gasteiger partial charge in [0, 0.05) is 24.6 Å². The Hall–Kier alpha value is -2.54. The van der Waals surface area contributed by atoms with Crippen LogP contribution in [0.3, 0.4) is 0 Å². The Morgan fingerprint density at radius 1 is 1.04 bits per heavy atom. The zero-order chi connectivity index (χ0) is 17.3. The molecule has 0 saturated carbocycles. The van der Waals surface area contributed by atoms with Crippen LogP contribution in [0.5, 0.6) is 11.5 Å². The highest BCUT2D eigenvalue weighted by molar-refractivity contribution is 7.93. The van der Waals surface area contributed by atoms with E-state index in [1.54, 1.807) is 36.4 Å². The van der Waals surface area contributed by atoms with Crippen molar-refractivity contribution in [1.82, 2.24) is 0 Å². The van der Waals surface area contributed by atoms with Gasteiger partial charge < -0.3 is 9.47 Å². The minimum Gasteiger partial charge on any atom is -0.497 e. The van der Waals surface area contributed by atoms with E-state index >= 15 is 0 Å². The van der Waals surface area contributed by atoms with Gasteiger partial charge in [0.1, 0.15) is 16.4 Å². The second kappa shape index (κ2) is 6.16. The number of para-hydroxylation sites is 1. The molecule has 0 bridgehead atoms. The number of sulfonamides is 1. The lowest BCUT2D eigenvalue weighted by Crippen LogP contribution is -2.37. The lowest BCUT2D eigenvalue weighted by molar-refractivity contribution is 0.0982. The molecule has 0 aromatic heterocycles.